The van der Waals surface area contributed by atoms with E-state index >= 15 is 0 Å². The van der Waals surface area contributed by atoms with Crippen molar-refractivity contribution in [2.75, 3.05) is 13.1 Å². The van der Waals surface area contributed by atoms with Gasteiger partial charge in [0.15, 0.2) is 0 Å². The van der Waals surface area contributed by atoms with Crippen molar-refractivity contribution in [1.82, 2.24) is 4.90 Å². The molecule has 1 aliphatic heterocycles. The summed E-state index contributed by atoms with van der Waals surface area (Å²) in [4.78, 5) is 2.60. The first-order valence-electron chi connectivity index (χ1n) is 7.65. The largest absolute Gasteiger partial charge is 0.293 e. The molecule has 0 saturated heterocycles. The van der Waals surface area contributed by atoms with Crippen LogP contribution < -0.4 is 0 Å². The van der Waals surface area contributed by atoms with Crippen LogP contribution in [0.5, 0.6) is 0 Å². The van der Waals surface area contributed by atoms with E-state index in [-0.39, 0.29) is 0 Å². The average molecular weight is 269 g/mol. The number of benzene rings is 1. The topological polar surface area (TPSA) is 3.24 Å². The Bertz CT molecular complexity index is 489. The smallest absolute Gasteiger partial charge is 0.0324 e. The minimum atomic E-state index is 0.544. The van der Waals surface area contributed by atoms with Gasteiger partial charge in [-0.1, -0.05) is 53.1 Å². The summed E-state index contributed by atoms with van der Waals surface area (Å²) < 4.78 is 0. The SMILES string of the molecule is CC(C)=CCN1CCC(C)=CC1Cc1ccc(C)cc1. The third kappa shape index (κ3) is 4.35. The molecule has 2 rings (SSSR count). The molecule has 20 heavy (non-hydrogen) atoms. The monoisotopic (exact) mass is 269 g/mol. The molecule has 0 aliphatic carbocycles. The highest BCUT2D eigenvalue weighted by molar-refractivity contribution is 5.24. The molecular formula is C19H27N. The fourth-order valence-corrected chi connectivity index (χ4v) is 2.68. The van der Waals surface area contributed by atoms with Gasteiger partial charge >= 0.3 is 0 Å². The lowest BCUT2D eigenvalue weighted by Crippen LogP contribution is -2.39. The molecule has 108 valence electrons. The van der Waals surface area contributed by atoms with E-state index in [1.54, 1.807) is 0 Å². The zero-order chi connectivity index (χ0) is 14.5. The molecule has 0 spiro atoms. The van der Waals surface area contributed by atoms with Gasteiger partial charge in [0.25, 0.3) is 0 Å². The van der Waals surface area contributed by atoms with Crippen molar-refractivity contribution >= 4 is 0 Å². The van der Waals surface area contributed by atoms with Crippen LogP contribution in [0.15, 0.2) is 47.6 Å². The first-order chi connectivity index (χ1) is 9.54. The Morgan fingerprint density at radius 2 is 1.90 bits per heavy atom. The van der Waals surface area contributed by atoms with Crippen molar-refractivity contribution in [1.29, 1.82) is 0 Å². The van der Waals surface area contributed by atoms with Gasteiger partial charge in [0.05, 0.1) is 0 Å². The van der Waals surface area contributed by atoms with E-state index in [9.17, 15) is 0 Å². The molecule has 1 aromatic rings. The summed E-state index contributed by atoms with van der Waals surface area (Å²) in [5, 5.41) is 0. The number of allylic oxidation sites excluding steroid dienone is 1. The van der Waals surface area contributed by atoms with Crippen LogP contribution in [0.25, 0.3) is 0 Å². The van der Waals surface area contributed by atoms with Gasteiger partial charge in [0.2, 0.25) is 0 Å². The molecule has 0 N–H and O–H groups in total. The van der Waals surface area contributed by atoms with Crippen LogP contribution in [0.3, 0.4) is 0 Å². The maximum absolute atomic E-state index is 2.60. The normalized spacial score (nSPS) is 19.6. The van der Waals surface area contributed by atoms with Crippen LogP contribution in [0.1, 0.15) is 38.3 Å². The van der Waals surface area contributed by atoms with Gasteiger partial charge in [0.1, 0.15) is 0 Å². The molecule has 1 atom stereocenters. The van der Waals surface area contributed by atoms with Gasteiger partial charge < -0.3 is 0 Å². The summed E-state index contributed by atoms with van der Waals surface area (Å²) in [6.07, 6.45) is 7.13. The van der Waals surface area contributed by atoms with Crippen molar-refractivity contribution < 1.29 is 0 Å². The van der Waals surface area contributed by atoms with Crippen LogP contribution in [0, 0.1) is 6.92 Å². The molecule has 0 amide bonds. The first kappa shape index (κ1) is 15.1. The summed E-state index contributed by atoms with van der Waals surface area (Å²) in [6, 6.07) is 9.52. The van der Waals surface area contributed by atoms with Crippen molar-refractivity contribution in [2.24, 2.45) is 0 Å². The van der Waals surface area contributed by atoms with Crippen molar-refractivity contribution in [3.63, 3.8) is 0 Å². The van der Waals surface area contributed by atoms with Crippen LogP contribution in [-0.2, 0) is 6.42 Å². The highest BCUT2D eigenvalue weighted by Gasteiger charge is 2.19. The van der Waals surface area contributed by atoms with E-state index in [0.29, 0.717) is 6.04 Å². The third-order valence-electron chi connectivity index (χ3n) is 4.04. The van der Waals surface area contributed by atoms with E-state index in [1.165, 1.54) is 35.2 Å². The van der Waals surface area contributed by atoms with Gasteiger partial charge in [-0.25, -0.2) is 0 Å². The lowest BCUT2D eigenvalue weighted by Gasteiger charge is -2.33. The van der Waals surface area contributed by atoms with Crippen molar-refractivity contribution in [3.8, 4) is 0 Å². The standard InChI is InChI=1S/C19H27N/c1-15(2)9-11-20-12-10-17(4)13-19(20)14-18-7-5-16(3)6-8-18/h5-9,13,19H,10-12,14H2,1-4H3. The summed E-state index contributed by atoms with van der Waals surface area (Å²) >= 11 is 0. The summed E-state index contributed by atoms with van der Waals surface area (Å²) in [5.74, 6) is 0. The van der Waals surface area contributed by atoms with E-state index in [4.69, 9.17) is 0 Å². The average Bonchev–Trinajstić information content (AvgIpc) is 2.40. The molecule has 1 nitrogen and oxygen atoms in total. The molecule has 1 aromatic carbocycles. The van der Waals surface area contributed by atoms with Gasteiger partial charge in [-0.2, -0.15) is 0 Å². The molecule has 1 heterocycles. The first-order valence-corrected chi connectivity index (χ1v) is 7.65. The minimum absolute atomic E-state index is 0.544. The van der Waals surface area contributed by atoms with Crippen LogP contribution in [-0.4, -0.2) is 24.0 Å². The molecule has 0 saturated carbocycles. The molecule has 1 unspecified atom stereocenters. The summed E-state index contributed by atoms with van der Waals surface area (Å²) in [6.45, 7) is 11.0. The summed E-state index contributed by atoms with van der Waals surface area (Å²) in [5.41, 5.74) is 5.72. The molecular weight excluding hydrogens is 242 g/mol. The van der Waals surface area contributed by atoms with E-state index in [1.807, 2.05) is 0 Å². The third-order valence-corrected chi connectivity index (χ3v) is 4.04. The molecule has 0 fully saturated rings. The second kappa shape index (κ2) is 6.90. The Balaban J connectivity index is 2.09. The molecule has 0 radical (unpaired) electrons. The number of hydrogen-bond donors (Lipinski definition) is 0. The molecule has 1 aliphatic rings. The van der Waals surface area contributed by atoms with Gasteiger partial charge in [-0.05, 0) is 46.1 Å². The van der Waals surface area contributed by atoms with E-state index in [0.717, 1.165) is 13.0 Å². The van der Waals surface area contributed by atoms with Gasteiger partial charge in [-0.15, -0.1) is 0 Å². The highest BCUT2D eigenvalue weighted by Crippen LogP contribution is 2.20. The maximum Gasteiger partial charge on any atom is 0.0324 e. The quantitative estimate of drug-likeness (QED) is 0.726. The Kier molecular flexibility index (Phi) is 5.19. The molecule has 0 aromatic heterocycles. The summed E-state index contributed by atoms with van der Waals surface area (Å²) in [7, 11) is 0. The van der Waals surface area contributed by atoms with Crippen molar-refractivity contribution in [2.45, 2.75) is 46.6 Å². The van der Waals surface area contributed by atoms with Crippen LogP contribution in [0.4, 0.5) is 0 Å². The molecule has 0 bridgehead atoms. The number of hydrogen-bond acceptors (Lipinski definition) is 1. The zero-order valence-electron chi connectivity index (χ0n) is 13.3. The lowest BCUT2D eigenvalue weighted by molar-refractivity contribution is 0.241. The Hall–Kier alpha value is -1.34. The number of aryl methyl sites for hydroxylation is 1. The number of nitrogens with zero attached hydrogens (tertiary/aromatic N) is 1. The Morgan fingerprint density at radius 1 is 1.20 bits per heavy atom. The second-order valence-corrected chi connectivity index (χ2v) is 6.30. The number of rotatable bonds is 4. The van der Waals surface area contributed by atoms with E-state index in [2.05, 4.69) is 69.0 Å². The predicted molar refractivity (Wildman–Crippen MR) is 88.0 cm³/mol. The van der Waals surface area contributed by atoms with Crippen LogP contribution in [0.2, 0.25) is 0 Å². The van der Waals surface area contributed by atoms with Gasteiger partial charge in [0, 0.05) is 19.1 Å². The predicted octanol–water partition coefficient (Wildman–Crippen LogP) is 4.52. The Labute approximate surface area is 124 Å². The maximum atomic E-state index is 2.60. The van der Waals surface area contributed by atoms with Gasteiger partial charge in [-0.3, -0.25) is 4.90 Å². The lowest BCUT2D eigenvalue weighted by atomic mass is 9.97. The highest BCUT2D eigenvalue weighted by atomic mass is 15.1. The zero-order valence-corrected chi connectivity index (χ0v) is 13.3. The second-order valence-electron chi connectivity index (χ2n) is 6.30. The molecule has 1 heteroatoms. The minimum Gasteiger partial charge on any atom is -0.293 e. The van der Waals surface area contributed by atoms with E-state index < -0.39 is 0 Å². The fourth-order valence-electron chi connectivity index (χ4n) is 2.68. The fraction of sp³-hybridized carbons (Fsp3) is 0.474. The Morgan fingerprint density at radius 3 is 2.55 bits per heavy atom. The van der Waals surface area contributed by atoms with Crippen LogP contribution >= 0.6 is 0 Å². The van der Waals surface area contributed by atoms with Crippen molar-refractivity contribution in [3.05, 3.63) is 58.7 Å².